The first-order valence-electron chi connectivity index (χ1n) is 9.40. The molecule has 3 rings (SSSR count). The van der Waals surface area contributed by atoms with Crippen LogP contribution in [-0.4, -0.2) is 48.2 Å². The number of benzene rings is 2. The first-order valence-corrected chi connectivity index (χ1v) is 12.2. The summed E-state index contributed by atoms with van der Waals surface area (Å²) in [4.78, 5) is 23.3. The monoisotopic (exact) mass is 503 g/mol. The van der Waals surface area contributed by atoms with Crippen molar-refractivity contribution < 1.29 is 4.79 Å². The van der Waals surface area contributed by atoms with E-state index in [1.807, 2.05) is 12.3 Å². The van der Waals surface area contributed by atoms with E-state index in [4.69, 9.17) is 28.2 Å². The Morgan fingerprint density at radius 3 is 2.47 bits per heavy atom. The molecule has 30 heavy (non-hydrogen) atoms. The quantitative estimate of drug-likeness (QED) is 0.318. The average molecular weight is 505 g/mol. The van der Waals surface area contributed by atoms with Crippen molar-refractivity contribution in [3.63, 3.8) is 0 Å². The highest BCUT2D eigenvalue weighted by Gasteiger charge is 2.24. The van der Waals surface area contributed by atoms with E-state index in [1.165, 1.54) is 16.2 Å². The zero-order chi connectivity index (χ0) is 21.0. The maximum absolute atomic E-state index is 13.4. The van der Waals surface area contributed by atoms with Gasteiger partial charge in [0.2, 0.25) is 0 Å². The maximum Gasteiger partial charge on any atom is 0.261 e. The first-order chi connectivity index (χ1) is 14.0. The standard InChI is InChI=1S/C21H23Cl2N3OS2.ClH/c1-4-25(5-2)10-11-26(20(27)16-8-6-14(22)12-17(16)23)21-24-18-9-7-15(28-3)13-19(18)29-21;/h6-9,12-13H,4-5,10-11H2,1-3H3;1H. The minimum absolute atomic E-state index is 0. The third-order valence-electron chi connectivity index (χ3n) is 4.76. The Kier molecular flexibility index (Phi) is 9.72. The van der Waals surface area contributed by atoms with Gasteiger partial charge >= 0.3 is 0 Å². The highest BCUT2D eigenvalue weighted by Crippen LogP contribution is 2.33. The van der Waals surface area contributed by atoms with Gasteiger partial charge in [0, 0.05) is 23.0 Å². The van der Waals surface area contributed by atoms with Crippen molar-refractivity contribution in [1.29, 1.82) is 0 Å². The van der Waals surface area contributed by atoms with E-state index < -0.39 is 0 Å². The fourth-order valence-electron chi connectivity index (χ4n) is 3.01. The molecule has 1 amide bonds. The van der Waals surface area contributed by atoms with Crippen LogP contribution in [-0.2, 0) is 0 Å². The molecular weight excluding hydrogens is 481 g/mol. The smallest absolute Gasteiger partial charge is 0.261 e. The molecule has 0 saturated carbocycles. The lowest BCUT2D eigenvalue weighted by molar-refractivity contribution is 0.0984. The largest absolute Gasteiger partial charge is 0.302 e. The van der Waals surface area contributed by atoms with Gasteiger partial charge < -0.3 is 4.90 Å². The Hall–Kier alpha value is -1.02. The molecule has 0 fully saturated rings. The van der Waals surface area contributed by atoms with E-state index >= 15 is 0 Å². The van der Waals surface area contributed by atoms with Crippen LogP contribution in [0.5, 0.6) is 0 Å². The van der Waals surface area contributed by atoms with Gasteiger partial charge in [-0.05, 0) is 55.7 Å². The topological polar surface area (TPSA) is 36.4 Å². The molecule has 4 nitrogen and oxygen atoms in total. The van der Waals surface area contributed by atoms with Crippen LogP contribution < -0.4 is 4.90 Å². The summed E-state index contributed by atoms with van der Waals surface area (Å²) in [6.07, 6.45) is 2.05. The Morgan fingerprint density at radius 2 is 1.83 bits per heavy atom. The SMILES string of the molecule is CCN(CC)CCN(C(=O)c1ccc(Cl)cc1Cl)c1nc2ccc(SC)cc2s1.Cl. The minimum Gasteiger partial charge on any atom is -0.302 e. The third kappa shape index (κ3) is 5.81. The molecule has 0 unspecified atom stereocenters. The summed E-state index contributed by atoms with van der Waals surface area (Å²) < 4.78 is 1.06. The van der Waals surface area contributed by atoms with E-state index in [1.54, 1.807) is 34.9 Å². The van der Waals surface area contributed by atoms with Gasteiger partial charge in [0.05, 0.1) is 20.8 Å². The number of carbonyl (C=O) groups is 1. The van der Waals surface area contributed by atoms with Crippen LogP contribution in [0.15, 0.2) is 41.3 Å². The van der Waals surface area contributed by atoms with Gasteiger partial charge in [-0.3, -0.25) is 9.69 Å². The molecule has 0 aliphatic rings. The predicted octanol–water partition coefficient (Wildman–Crippen LogP) is 6.74. The molecule has 3 aromatic rings. The van der Waals surface area contributed by atoms with E-state index in [-0.39, 0.29) is 18.3 Å². The van der Waals surface area contributed by atoms with Crippen LogP contribution in [0.3, 0.4) is 0 Å². The number of hydrogen-bond acceptors (Lipinski definition) is 5. The van der Waals surface area contributed by atoms with E-state index in [0.717, 1.165) is 29.9 Å². The molecule has 9 heteroatoms. The van der Waals surface area contributed by atoms with Crippen LogP contribution in [0, 0.1) is 0 Å². The fraction of sp³-hybridized carbons (Fsp3) is 0.333. The number of thiazole rings is 1. The highest BCUT2D eigenvalue weighted by molar-refractivity contribution is 7.98. The van der Waals surface area contributed by atoms with Gasteiger partial charge in [0.15, 0.2) is 5.13 Å². The molecule has 0 aliphatic carbocycles. The van der Waals surface area contributed by atoms with Crippen molar-refractivity contribution in [1.82, 2.24) is 9.88 Å². The van der Waals surface area contributed by atoms with Crippen LogP contribution in [0.1, 0.15) is 24.2 Å². The molecule has 162 valence electrons. The lowest BCUT2D eigenvalue weighted by Gasteiger charge is -2.25. The van der Waals surface area contributed by atoms with Gasteiger partial charge in [-0.15, -0.1) is 24.2 Å². The number of nitrogens with zero attached hydrogens (tertiary/aromatic N) is 3. The first kappa shape index (κ1) is 25.2. The predicted molar refractivity (Wildman–Crippen MR) is 135 cm³/mol. The van der Waals surface area contributed by atoms with Crippen molar-refractivity contribution >= 4 is 80.0 Å². The Labute approximate surface area is 202 Å². The number of likely N-dealkylation sites (N-methyl/N-ethyl adjacent to an activating group) is 1. The van der Waals surface area contributed by atoms with Crippen LogP contribution in [0.2, 0.25) is 10.0 Å². The molecule has 0 N–H and O–H groups in total. The summed E-state index contributed by atoms with van der Waals surface area (Å²) >= 11 is 15.6. The van der Waals surface area contributed by atoms with Crippen molar-refractivity contribution in [2.45, 2.75) is 18.7 Å². The van der Waals surface area contributed by atoms with Crippen molar-refractivity contribution in [3.05, 3.63) is 52.0 Å². The lowest BCUT2D eigenvalue weighted by atomic mass is 10.2. The average Bonchev–Trinajstić information content (AvgIpc) is 3.13. The molecule has 0 aliphatic heterocycles. The summed E-state index contributed by atoms with van der Waals surface area (Å²) in [6.45, 7) is 7.39. The summed E-state index contributed by atoms with van der Waals surface area (Å²) in [5, 5.41) is 1.54. The summed E-state index contributed by atoms with van der Waals surface area (Å²) in [5.41, 5.74) is 1.32. The summed E-state index contributed by atoms with van der Waals surface area (Å²) in [5.74, 6) is -0.164. The number of fused-ring (bicyclic) bond motifs is 1. The van der Waals surface area contributed by atoms with Crippen molar-refractivity contribution in [2.75, 3.05) is 37.3 Å². The van der Waals surface area contributed by atoms with Gasteiger partial charge in [-0.25, -0.2) is 4.98 Å². The number of rotatable bonds is 8. The van der Waals surface area contributed by atoms with Crippen molar-refractivity contribution in [2.24, 2.45) is 0 Å². The van der Waals surface area contributed by atoms with Crippen LogP contribution in [0.25, 0.3) is 10.2 Å². The number of anilines is 1. The summed E-state index contributed by atoms with van der Waals surface area (Å²) in [6, 6.07) is 11.1. The number of amides is 1. The maximum atomic E-state index is 13.4. The molecule has 0 radical (unpaired) electrons. The van der Waals surface area contributed by atoms with Crippen LogP contribution in [0.4, 0.5) is 5.13 Å². The zero-order valence-corrected chi connectivity index (χ0v) is 21.0. The summed E-state index contributed by atoms with van der Waals surface area (Å²) in [7, 11) is 0. The second-order valence-corrected chi connectivity index (χ2v) is 9.17. The number of hydrogen-bond donors (Lipinski definition) is 0. The van der Waals surface area contributed by atoms with Crippen molar-refractivity contribution in [3.8, 4) is 0 Å². The molecule has 0 bridgehead atoms. The molecule has 1 aromatic heterocycles. The van der Waals surface area contributed by atoms with E-state index in [0.29, 0.717) is 27.3 Å². The van der Waals surface area contributed by atoms with E-state index in [9.17, 15) is 4.79 Å². The second kappa shape index (κ2) is 11.6. The Balaban J connectivity index is 0.00000320. The molecule has 0 atom stereocenters. The molecule has 0 saturated heterocycles. The van der Waals surface area contributed by atoms with E-state index in [2.05, 4.69) is 30.9 Å². The highest BCUT2D eigenvalue weighted by atomic mass is 35.5. The molecular formula is C21H24Cl3N3OS2. The number of aromatic nitrogens is 1. The molecule has 1 heterocycles. The van der Waals surface area contributed by atoms with Gasteiger partial charge in [0.25, 0.3) is 5.91 Å². The Morgan fingerprint density at radius 1 is 1.10 bits per heavy atom. The minimum atomic E-state index is -0.164. The number of halogens is 3. The van der Waals surface area contributed by atoms with Crippen LogP contribution >= 0.6 is 58.7 Å². The third-order valence-corrected chi connectivity index (χ3v) is 7.07. The van der Waals surface area contributed by atoms with Gasteiger partial charge in [-0.1, -0.05) is 48.4 Å². The zero-order valence-electron chi connectivity index (χ0n) is 17.0. The van der Waals surface area contributed by atoms with Gasteiger partial charge in [-0.2, -0.15) is 0 Å². The molecule has 0 spiro atoms. The van der Waals surface area contributed by atoms with Gasteiger partial charge in [0.1, 0.15) is 0 Å². The molecule has 2 aromatic carbocycles. The fourth-order valence-corrected chi connectivity index (χ4v) is 5.04. The lowest BCUT2D eigenvalue weighted by Crippen LogP contribution is -2.39. The number of carbonyl (C=O) groups excluding carboxylic acids is 1. The second-order valence-electron chi connectivity index (χ2n) is 6.44. The normalized spacial score (nSPS) is 11.0. The number of thioether (sulfide) groups is 1. The Bertz CT molecular complexity index is 1010.